The van der Waals surface area contributed by atoms with Crippen LogP contribution in [0, 0.1) is 29.6 Å². The molecule has 16 N–H and O–H groups in total. The van der Waals surface area contributed by atoms with Crippen LogP contribution in [0.5, 0.6) is 0 Å². The van der Waals surface area contributed by atoms with Crippen molar-refractivity contribution in [1.29, 1.82) is 0 Å². The zero-order valence-electron chi connectivity index (χ0n) is 66.4. The van der Waals surface area contributed by atoms with E-state index in [-0.39, 0.29) is 76.2 Å². The molecule has 0 unspecified atom stereocenters. The lowest BCUT2D eigenvalue weighted by Gasteiger charge is -2.34. The number of nitrogens with one attached hydrogen (secondary N) is 12. The third-order valence-corrected chi connectivity index (χ3v) is 19.0. The molecule has 0 saturated carbocycles. The average molecular weight is 1560 g/mol. The van der Waals surface area contributed by atoms with Crippen molar-refractivity contribution in [1.82, 2.24) is 78.5 Å². The summed E-state index contributed by atoms with van der Waals surface area (Å²) < 4.78 is 17.0. The quantitative estimate of drug-likeness (QED) is 0.0370. The Labute approximate surface area is 650 Å². The normalized spacial score (nSPS) is 23.2. The first-order chi connectivity index (χ1) is 52.4. The number of hydrogen-bond donors (Lipinski definition) is 16. The van der Waals surface area contributed by atoms with Crippen molar-refractivity contribution in [3.63, 3.8) is 0 Å². The third-order valence-electron chi connectivity index (χ3n) is 19.0. The number of carbonyl (C=O) groups excluding carboxylic acids is 13. The predicted octanol–water partition coefficient (Wildman–Crippen LogP) is -1.81. The number of aliphatic hydroxyl groups excluding tert-OH is 4. The highest BCUT2D eigenvalue weighted by Gasteiger charge is 2.45. The van der Waals surface area contributed by atoms with E-state index in [1.165, 1.54) is 44.2 Å². The summed E-state index contributed by atoms with van der Waals surface area (Å²) in [5.74, 6) is -16.2. The van der Waals surface area contributed by atoms with Crippen LogP contribution in [0.1, 0.15) is 132 Å². The highest BCUT2D eigenvalue weighted by Crippen LogP contribution is 2.25. The topological polar surface area (TPSA) is 485 Å². The van der Waals surface area contributed by atoms with Crippen LogP contribution in [0.2, 0.25) is 0 Å². The Morgan fingerprint density at radius 3 is 1.79 bits per heavy atom. The Morgan fingerprint density at radius 1 is 0.667 bits per heavy atom. The molecule has 0 radical (unpaired) electrons. The largest absolute Gasteiger partial charge is 0.453 e. The van der Waals surface area contributed by atoms with Gasteiger partial charge in [0, 0.05) is 53.9 Å². The van der Waals surface area contributed by atoms with Gasteiger partial charge in [-0.25, -0.2) is 9.59 Å². The fraction of sp³-hybridized carbons (Fsp3) is 0.645. The van der Waals surface area contributed by atoms with Crippen LogP contribution in [-0.2, 0) is 78.4 Å². The fourth-order valence-electron chi connectivity index (χ4n) is 12.1. The molecule has 4 rings (SSSR count). The Hall–Kier alpha value is -9.55. The smallest absolute Gasteiger partial charge is 0.408 e. The number of morpholine rings is 1. The zero-order chi connectivity index (χ0) is 82.9. The second-order valence-corrected chi connectivity index (χ2v) is 29.8. The van der Waals surface area contributed by atoms with Crippen molar-refractivity contribution >= 4 is 77.0 Å². The molecule has 620 valence electrons. The number of amides is 12. The summed E-state index contributed by atoms with van der Waals surface area (Å²) in [5, 5.41) is 77.1. The molecule has 2 heterocycles. The van der Waals surface area contributed by atoms with Gasteiger partial charge >= 0.3 is 12.1 Å². The molecule has 15 atom stereocenters. The lowest BCUT2D eigenvalue weighted by molar-refractivity contribution is -0.160. The van der Waals surface area contributed by atoms with Gasteiger partial charge in [-0.05, 0) is 79.7 Å². The minimum absolute atomic E-state index is 0.0299. The molecule has 35 nitrogen and oxygen atoms in total. The van der Waals surface area contributed by atoms with E-state index in [1.807, 2.05) is 4.90 Å². The maximum atomic E-state index is 15.8. The van der Waals surface area contributed by atoms with Crippen LogP contribution in [0.3, 0.4) is 0 Å². The van der Waals surface area contributed by atoms with Gasteiger partial charge in [-0.3, -0.25) is 57.6 Å². The maximum Gasteiger partial charge on any atom is 0.408 e. The highest BCUT2D eigenvalue weighted by atomic mass is 16.6. The maximum absolute atomic E-state index is 15.8. The Kier molecular flexibility index (Phi) is 39.7. The number of hydrogen-bond acceptors (Lipinski definition) is 23. The summed E-state index contributed by atoms with van der Waals surface area (Å²) >= 11 is 0. The van der Waals surface area contributed by atoms with Crippen molar-refractivity contribution in [2.75, 3.05) is 80.2 Å². The average Bonchev–Trinajstić information content (AvgIpc) is 0.811. The molecule has 2 aliphatic rings. The van der Waals surface area contributed by atoms with Gasteiger partial charge < -0.3 is 108 Å². The molecule has 0 bridgehead atoms. The van der Waals surface area contributed by atoms with Gasteiger partial charge in [0.25, 0.3) is 5.91 Å². The number of alkyl carbamates (subject to hydrolysis) is 1. The van der Waals surface area contributed by atoms with Crippen LogP contribution in [0.4, 0.5) is 4.79 Å². The molecule has 12 amide bonds. The Balaban J connectivity index is 2.02. The van der Waals surface area contributed by atoms with E-state index in [2.05, 4.69) is 70.4 Å². The van der Waals surface area contributed by atoms with Gasteiger partial charge in [-0.15, -0.1) is 0 Å². The first kappa shape index (κ1) is 93.8. The number of aliphatic hydroxyl groups is 4. The number of carbonyl (C=O) groups is 13. The standard InChI is InChI=1S/C76H121N15O20/c1-16-46(10)57-70(102)86-58(47(11)93)69(101)79-39-56(94)90(15)61(63(96)74(106)78-29-31-91-32-34-109-35-33-91)73(105)83-55(40-92)75(107)111-64(50-26-21-18-22-27-50)60(88-68(100)53(37-43(4)5)81-67(99)54(38-44(6)7)84-76(108)110-41-49-24-19-17-20-25-49)72(104)87-59(62(95)45(8)9)71(103)82-52(36-42(2)3)66(98)80-51(65(97)85-57)28-23-30-89(14)48(12)77-13/h17-22,24-27,42-47,51-55,57-64,77,92-93,95-96H,12,16,23,28-41H2,1-11,13-15H3,(H,78,106)(H,79,101)(H,80,98)(H,81,99)(H,82,103)(H,83,105)(H,84,108)(H,85,97)(H,86,102)(H,87,104)(H,88,100)/t46-,47-,51+,52-,53-,54+,55-,57-,58-,59-,60-,61-,62+,63-,64+/m0/s1. The van der Waals surface area contributed by atoms with E-state index in [0.717, 1.165) is 14.0 Å². The van der Waals surface area contributed by atoms with Crippen LogP contribution in [0.15, 0.2) is 73.1 Å². The second kappa shape index (κ2) is 47.0. The highest BCUT2D eigenvalue weighted by molar-refractivity contribution is 6.00. The number of nitrogens with zero attached hydrogens (tertiary/aromatic N) is 3. The van der Waals surface area contributed by atoms with Crippen LogP contribution in [0.25, 0.3) is 0 Å². The lowest BCUT2D eigenvalue weighted by Crippen LogP contribution is -2.64. The summed E-state index contributed by atoms with van der Waals surface area (Å²) in [6.07, 6.45) is -9.05. The van der Waals surface area contributed by atoms with Crippen LogP contribution < -0.4 is 63.8 Å². The Bertz CT molecular complexity index is 3400. The molecule has 2 aromatic carbocycles. The number of esters is 1. The summed E-state index contributed by atoms with van der Waals surface area (Å²) in [6.45, 7) is 21.5. The van der Waals surface area contributed by atoms with Gasteiger partial charge in [-0.1, -0.05) is 143 Å². The third kappa shape index (κ3) is 30.6. The van der Waals surface area contributed by atoms with Crippen molar-refractivity contribution in [2.45, 2.75) is 206 Å². The minimum Gasteiger partial charge on any atom is -0.453 e. The Morgan fingerprint density at radius 2 is 1.23 bits per heavy atom. The molecule has 2 aliphatic heterocycles. The van der Waals surface area contributed by atoms with E-state index in [1.54, 1.807) is 105 Å². The van der Waals surface area contributed by atoms with Gasteiger partial charge in [0.05, 0.1) is 44.4 Å². The van der Waals surface area contributed by atoms with Gasteiger partial charge in [0.1, 0.15) is 61.0 Å². The molecule has 2 aromatic rings. The first-order valence-electron chi connectivity index (χ1n) is 37.9. The lowest BCUT2D eigenvalue weighted by atomic mass is 9.95. The van der Waals surface area contributed by atoms with E-state index in [4.69, 9.17) is 14.2 Å². The molecule has 35 heteroatoms. The predicted molar refractivity (Wildman–Crippen MR) is 408 cm³/mol. The summed E-state index contributed by atoms with van der Waals surface area (Å²) in [6, 6.07) is -2.37. The minimum atomic E-state index is -2.49. The van der Waals surface area contributed by atoms with Crippen molar-refractivity contribution < 1.29 is 97.0 Å². The number of benzene rings is 2. The number of likely N-dealkylation sites (N-methyl/N-ethyl adjacent to an activating group) is 1. The van der Waals surface area contributed by atoms with E-state index in [9.17, 15) is 58.8 Å². The monoisotopic (exact) mass is 1560 g/mol. The van der Waals surface area contributed by atoms with Gasteiger partial charge in [-0.2, -0.15) is 0 Å². The second-order valence-electron chi connectivity index (χ2n) is 29.8. The summed E-state index contributed by atoms with van der Waals surface area (Å²) in [7, 11) is 4.33. The number of rotatable bonds is 31. The van der Waals surface area contributed by atoms with Crippen LogP contribution in [-0.4, -0.2) is 271 Å². The summed E-state index contributed by atoms with van der Waals surface area (Å²) in [4.78, 5) is 196. The number of cyclic esters (lactones) is 1. The molecular weight excluding hydrogens is 1440 g/mol. The van der Waals surface area contributed by atoms with E-state index in [0.29, 0.717) is 42.6 Å². The molecular formula is C76H121N15O20. The van der Waals surface area contributed by atoms with Crippen molar-refractivity contribution in [3.8, 4) is 0 Å². The fourth-order valence-corrected chi connectivity index (χ4v) is 12.1. The van der Waals surface area contributed by atoms with Crippen molar-refractivity contribution in [3.05, 3.63) is 84.2 Å². The molecule has 0 aromatic heterocycles. The van der Waals surface area contributed by atoms with E-state index >= 15 is 24.0 Å². The van der Waals surface area contributed by atoms with E-state index < -0.39 is 199 Å². The molecule has 111 heavy (non-hydrogen) atoms. The van der Waals surface area contributed by atoms with Crippen molar-refractivity contribution in [2.24, 2.45) is 29.6 Å². The van der Waals surface area contributed by atoms with Gasteiger partial charge in [0.2, 0.25) is 59.1 Å². The number of ether oxygens (including phenoxy) is 3. The summed E-state index contributed by atoms with van der Waals surface area (Å²) in [5.41, 5.74) is 0.557. The van der Waals surface area contributed by atoms with Crippen LogP contribution >= 0.6 is 0 Å². The first-order valence-corrected chi connectivity index (χ1v) is 37.9. The molecule has 0 aliphatic carbocycles. The van der Waals surface area contributed by atoms with Gasteiger partial charge in [0.15, 0.2) is 18.2 Å². The zero-order valence-corrected chi connectivity index (χ0v) is 66.4. The molecule has 2 fully saturated rings. The molecule has 2 saturated heterocycles. The SMILES string of the molecule is C=C(NC)N(C)CCC[C@H]1NC(=O)[C@H](CC(C)C)NC(=O)[C@H]([C@H](O)C(C)C)NC(=O)[C@@H](NC(=O)[C@H](CC(C)C)NC(=O)[C@@H](CC(C)C)NC(=O)OCc2ccccc2)[C@@H](c2ccccc2)OC(=O)[C@H](CO)NC(=O)[C@H]([C@H](O)C(=O)NCCN2CCOCC2)N(C)C(=O)CNC(=O)[C@H]([C@H](C)O)NC(=O)[C@H]([C@@H](C)CC)NC1=O. The molecule has 0 spiro atoms.